The number of anilines is 1. The number of hydrogen-bond acceptors (Lipinski definition) is 4. The van der Waals surface area contributed by atoms with Crippen molar-refractivity contribution in [3.05, 3.63) is 65.5 Å². The van der Waals surface area contributed by atoms with Crippen molar-refractivity contribution in [1.29, 1.82) is 0 Å². The van der Waals surface area contributed by atoms with Crippen LogP contribution in [0.4, 0.5) is 10.1 Å². The highest BCUT2D eigenvalue weighted by atomic mass is 32.2. The molecule has 2 rings (SSSR count). The Hall–Kier alpha value is -2.94. The summed E-state index contributed by atoms with van der Waals surface area (Å²) in [6.07, 6.45) is 1.37. The van der Waals surface area contributed by atoms with Gasteiger partial charge in [-0.25, -0.2) is 12.8 Å². The Labute approximate surface area is 195 Å². The summed E-state index contributed by atoms with van der Waals surface area (Å²) in [5, 5.41) is 2.74. The van der Waals surface area contributed by atoms with Crippen molar-refractivity contribution >= 4 is 27.5 Å². The maximum absolute atomic E-state index is 13.2. The van der Waals surface area contributed by atoms with Crippen LogP contribution in [-0.4, -0.2) is 50.5 Å². The van der Waals surface area contributed by atoms with E-state index in [1.54, 1.807) is 6.92 Å². The number of nitrogens with one attached hydrogen (secondary N) is 1. The molecule has 2 aromatic rings. The normalized spacial score (nSPS) is 12.2. The minimum Gasteiger partial charge on any atom is -0.355 e. The van der Waals surface area contributed by atoms with E-state index in [2.05, 4.69) is 5.32 Å². The highest BCUT2D eigenvalue weighted by molar-refractivity contribution is 7.92. The van der Waals surface area contributed by atoms with Gasteiger partial charge in [-0.1, -0.05) is 29.8 Å². The van der Waals surface area contributed by atoms with E-state index in [0.29, 0.717) is 12.2 Å². The first-order valence-corrected chi connectivity index (χ1v) is 12.7. The van der Waals surface area contributed by atoms with E-state index in [0.717, 1.165) is 21.7 Å². The standard InChI is InChI=1S/C24H32FN3O4S/c1-5-26-24(30)19(3)27(17-20-10-8-18(2)9-11-20)23(29)7-6-16-28(33(4,31)32)22-14-12-21(25)13-15-22/h8-15,19H,5-7,16-17H2,1-4H3,(H,26,30)/t19-/m1/s1. The molecule has 9 heteroatoms. The lowest BCUT2D eigenvalue weighted by Gasteiger charge is -2.29. The molecule has 0 aliphatic heterocycles. The van der Waals surface area contributed by atoms with Gasteiger partial charge in [-0.05, 0) is 57.0 Å². The molecule has 2 aromatic carbocycles. The molecule has 0 radical (unpaired) electrons. The molecule has 1 N–H and O–H groups in total. The van der Waals surface area contributed by atoms with Gasteiger partial charge in [-0.3, -0.25) is 13.9 Å². The summed E-state index contributed by atoms with van der Waals surface area (Å²) >= 11 is 0. The first-order chi connectivity index (χ1) is 15.5. The third-order valence-electron chi connectivity index (χ3n) is 5.26. The zero-order valence-corrected chi connectivity index (χ0v) is 20.4. The average Bonchev–Trinajstić information content (AvgIpc) is 2.76. The summed E-state index contributed by atoms with van der Waals surface area (Å²) in [5.41, 5.74) is 2.32. The van der Waals surface area contributed by atoms with Gasteiger partial charge in [0.1, 0.15) is 11.9 Å². The van der Waals surface area contributed by atoms with Gasteiger partial charge < -0.3 is 10.2 Å². The highest BCUT2D eigenvalue weighted by Gasteiger charge is 2.26. The third kappa shape index (κ3) is 7.85. The number of amides is 2. The third-order valence-corrected chi connectivity index (χ3v) is 6.45. The molecule has 7 nitrogen and oxygen atoms in total. The number of carbonyl (C=O) groups excluding carboxylic acids is 2. The lowest BCUT2D eigenvalue weighted by atomic mass is 10.1. The molecule has 2 amide bonds. The van der Waals surface area contributed by atoms with Gasteiger partial charge in [-0.15, -0.1) is 0 Å². The van der Waals surface area contributed by atoms with Crippen LogP contribution in [0, 0.1) is 12.7 Å². The van der Waals surface area contributed by atoms with E-state index >= 15 is 0 Å². The van der Waals surface area contributed by atoms with E-state index in [4.69, 9.17) is 0 Å². The van der Waals surface area contributed by atoms with Crippen LogP contribution < -0.4 is 9.62 Å². The Morgan fingerprint density at radius 2 is 1.67 bits per heavy atom. The highest BCUT2D eigenvalue weighted by Crippen LogP contribution is 2.19. The summed E-state index contributed by atoms with van der Waals surface area (Å²) in [5.74, 6) is -0.961. The van der Waals surface area contributed by atoms with Gasteiger partial charge >= 0.3 is 0 Å². The van der Waals surface area contributed by atoms with Crippen LogP contribution in [0.25, 0.3) is 0 Å². The summed E-state index contributed by atoms with van der Waals surface area (Å²) in [6.45, 7) is 6.25. The Balaban J connectivity index is 2.13. The molecule has 0 fully saturated rings. The minimum absolute atomic E-state index is 0.0584. The molecule has 0 aliphatic rings. The van der Waals surface area contributed by atoms with Crippen LogP contribution in [0.3, 0.4) is 0 Å². The summed E-state index contributed by atoms with van der Waals surface area (Å²) in [7, 11) is -3.62. The van der Waals surface area contributed by atoms with Crippen molar-refractivity contribution in [2.24, 2.45) is 0 Å². The number of rotatable bonds is 11. The molecule has 0 aromatic heterocycles. The zero-order chi connectivity index (χ0) is 24.6. The van der Waals surface area contributed by atoms with Crippen LogP contribution in [-0.2, 0) is 26.2 Å². The number of aryl methyl sites for hydroxylation is 1. The number of carbonyl (C=O) groups is 2. The van der Waals surface area contributed by atoms with Gasteiger partial charge in [0.25, 0.3) is 0 Å². The number of hydrogen-bond donors (Lipinski definition) is 1. The fourth-order valence-corrected chi connectivity index (χ4v) is 4.37. The second-order valence-electron chi connectivity index (χ2n) is 7.99. The van der Waals surface area contributed by atoms with Crippen LogP contribution in [0.1, 0.15) is 37.8 Å². The first-order valence-electron chi connectivity index (χ1n) is 10.9. The van der Waals surface area contributed by atoms with Crippen LogP contribution in [0.15, 0.2) is 48.5 Å². The predicted octanol–water partition coefficient (Wildman–Crippen LogP) is 3.23. The Bertz CT molecular complexity index is 1040. The molecule has 0 saturated heterocycles. The van der Waals surface area contributed by atoms with E-state index in [-0.39, 0.29) is 37.7 Å². The molecule has 0 saturated carbocycles. The number of halogens is 1. The lowest BCUT2D eigenvalue weighted by molar-refractivity contribution is -0.140. The lowest BCUT2D eigenvalue weighted by Crippen LogP contribution is -2.47. The summed E-state index contributed by atoms with van der Waals surface area (Å²) < 4.78 is 38.9. The topological polar surface area (TPSA) is 86.8 Å². The molecular formula is C24H32FN3O4S. The largest absolute Gasteiger partial charge is 0.355 e. The maximum atomic E-state index is 13.2. The van der Waals surface area contributed by atoms with Crippen LogP contribution in [0.5, 0.6) is 0 Å². The van der Waals surface area contributed by atoms with E-state index in [1.165, 1.54) is 29.2 Å². The average molecular weight is 478 g/mol. The molecule has 1 atom stereocenters. The van der Waals surface area contributed by atoms with Gasteiger partial charge in [0.05, 0.1) is 11.9 Å². The quantitative estimate of drug-likeness (QED) is 0.538. The summed E-state index contributed by atoms with van der Waals surface area (Å²) in [6, 6.07) is 12.2. The second kappa shape index (κ2) is 11.8. The van der Waals surface area contributed by atoms with Crippen molar-refractivity contribution in [2.75, 3.05) is 23.7 Å². The first kappa shape index (κ1) is 26.3. The SMILES string of the molecule is CCNC(=O)[C@@H](C)N(Cc1ccc(C)cc1)C(=O)CCCN(c1ccc(F)cc1)S(C)(=O)=O. The second-order valence-corrected chi connectivity index (χ2v) is 9.90. The van der Waals surface area contributed by atoms with Gasteiger partial charge in [0.15, 0.2) is 0 Å². The predicted molar refractivity (Wildman–Crippen MR) is 128 cm³/mol. The molecule has 0 spiro atoms. The number of sulfonamides is 1. The maximum Gasteiger partial charge on any atom is 0.242 e. The van der Waals surface area contributed by atoms with Gasteiger partial charge in [0.2, 0.25) is 21.8 Å². The van der Waals surface area contributed by atoms with Crippen molar-refractivity contribution in [3.8, 4) is 0 Å². The Kier molecular flexibility index (Phi) is 9.40. The number of nitrogens with zero attached hydrogens (tertiary/aromatic N) is 2. The molecule has 0 bridgehead atoms. The van der Waals surface area contributed by atoms with Gasteiger partial charge in [0, 0.05) is 26.1 Å². The van der Waals surface area contributed by atoms with Crippen molar-refractivity contribution in [2.45, 2.75) is 46.2 Å². The summed E-state index contributed by atoms with van der Waals surface area (Å²) in [4.78, 5) is 27.1. The molecule has 0 unspecified atom stereocenters. The van der Waals surface area contributed by atoms with E-state index in [1.807, 2.05) is 38.1 Å². The van der Waals surface area contributed by atoms with E-state index < -0.39 is 21.9 Å². The smallest absolute Gasteiger partial charge is 0.242 e. The number of benzene rings is 2. The molecule has 33 heavy (non-hydrogen) atoms. The van der Waals surface area contributed by atoms with Gasteiger partial charge in [-0.2, -0.15) is 0 Å². The van der Waals surface area contributed by atoms with Crippen molar-refractivity contribution < 1.29 is 22.4 Å². The Morgan fingerprint density at radius 3 is 2.21 bits per heavy atom. The van der Waals surface area contributed by atoms with Crippen LogP contribution in [0.2, 0.25) is 0 Å². The van der Waals surface area contributed by atoms with E-state index in [9.17, 15) is 22.4 Å². The molecule has 180 valence electrons. The van der Waals surface area contributed by atoms with Crippen LogP contribution >= 0.6 is 0 Å². The van der Waals surface area contributed by atoms with Crippen molar-refractivity contribution in [3.63, 3.8) is 0 Å². The Morgan fingerprint density at radius 1 is 1.06 bits per heavy atom. The van der Waals surface area contributed by atoms with Crippen molar-refractivity contribution in [1.82, 2.24) is 10.2 Å². The zero-order valence-electron chi connectivity index (χ0n) is 19.5. The molecular weight excluding hydrogens is 445 g/mol. The molecule has 0 heterocycles. The number of likely N-dealkylation sites (N-methyl/N-ethyl adjacent to an activating group) is 1. The fraction of sp³-hybridized carbons (Fsp3) is 0.417. The minimum atomic E-state index is -3.62. The fourth-order valence-electron chi connectivity index (χ4n) is 3.41. The monoisotopic (exact) mass is 477 g/mol. The molecule has 0 aliphatic carbocycles.